The highest BCUT2D eigenvalue weighted by molar-refractivity contribution is 5.87. The predicted molar refractivity (Wildman–Crippen MR) is 98.8 cm³/mol. The zero-order valence-electron chi connectivity index (χ0n) is 16.7. The van der Waals surface area contributed by atoms with Crippen LogP contribution in [0.15, 0.2) is 18.2 Å². The summed E-state index contributed by atoms with van der Waals surface area (Å²) in [5.74, 6) is -2.93. The van der Waals surface area contributed by atoms with Gasteiger partial charge >= 0.3 is 6.36 Å². The molecule has 0 aliphatic carbocycles. The van der Waals surface area contributed by atoms with Gasteiger partial charge in [0.1, 0.15) is 5.78 Å². The Morgan fingerprint density at radius 2 is 1.86 bits per heavy atom. The van der Waals surface area contributed by atoms with Crippen LogP contribution in [0.25, 0.3) is 0 Å². The average Bonchev–Trinajstić information content (AvgIpc) is 2.60. The summed E-state index contributed by atoms with van der Waals surface area (Å²) in [6.07, 6.45) is -3.02. The van der Waals surface area contributed by atoms with Crippen LogP contribution in [0.2, 0.25) is 0 Å². The van der Waals surface area contributed by atoms with Crippen molar-refractivity contribution in [3.05, 3.63) is 29.6 Å². The van der Waals surface area contributed by atoms with Crippen molar-refractivity contribution in [2.45, 2.75) is 45.0 Å². The third-order valence-corrected chi connectivity index (χ3v) is 5.22. The van der Waals surface area contributed by atoms with Crippen molar-refractivity contribution in [1.82, 2.24) is 9.80 Å². The van der Waals surface area contributed by atoms with E-state index in [9.17, 15) is 22.4 Å². The number of piperidine rings is 1. The van der Waals surface area contributed by atoms with Crippen molar-refractivity contribution in [1.29, 1.82) is 0 Å². The van der Waals surface area contributed by atoms with E-state index in [0.717, 1.165) is 38.1 Å². The molecule has 1 aromatic carbocycles. The molecule has 1 aromatic rings. The SMILES string of the molecule is CC(C)C(=O)[C@H](CN1CCC(N(C)C)CC1)c1ccc(OC(F)(F)F)c(F)c1. The molecule has 4 nitrogen and oxygen atoms in total. The minimum Gasteiger partial charge on any atom is -0.403 e. The number of hydrogen-bond acceptors (Lipinski definition) is 4. The average molecular weight is 404 g/mol. The number of Topliss-reactive ketones (excluding diaryl/α,β-unsaturated/α-hetero) is 1. The van der Waals surface area contributed by atoms with Gasteiger partial charge in [-0.15, -0.1) is 13.2 Å². The van der Waals surface area contributed by atoms with E-state index in [1.54, 1.807) is 13.8 Å². The molecule has 1 aliphatic heterocycles. The van der Waals surface area contributed by atoms with Crippen LogP contribution in [0.1, 0.15) is 38.2 Å². The quantitative estimate of drug-likeness (QED) is 0.642. The maximum atomic E-state index is 14.2. The van der Waals surface area contributed by atoms with E-state index in [0.29, 0.717) is 18.2 Å². The van der Waals surface area contributed by atoms with E-state index in [1.807, 2.05) is 14.1 Å². The molecule has 2 rings (SSSR count). The lowest BCUT2D eigenvalue weighted by Gasteiger charge is -2.37. The Balaban J connectivity index is 2.17. The van der Waals surface area contributed by atoms with Gasteiger partial charge in [-0.3, -0.25) is 4.79 Å². The maximum absolute atomic E-state index is 14.2. The number of halogens is 4. The second-order valence-corrected chi connectivity index (χ2v) is 7.84. The summed E-state index contributed by atoms with van der Waals surface area (Å²) in [4.78, 5) is 17.1. The molecule has 0 amide bonds. The fraction of sp³-hybridized carbons (Fsp3) is 0.650. The normalized spacial score (nSPS) is 17.9. The Morgan fingerprint density at radius 3 is 2.32 bits per heavy atom. The van der Waals surface area contributed by atoms with Crippen LogP contribution in [0.4, 0.5) is 17.6 Å². The fourth-order valence-electron chi connectivity index (χ4n) is 3.58. The molecule has 0 aromatic heterocycles. The Labute approximate surface area is 163 Å². The molecule has 0 radical (unpaired) electrons. The van der Waals surface area contributed by atoms with Crippen LogP contribution in [0.5, 0.6) is 5.75 Å². The lowest BCUT2D eigenvalue weighted by atomic mass is 9.87. The smallest absolute Gasteiger partial charge is 0.403 e. The number of carbonyl (C=O) groups excluding carboxylic acids is 1. The summed E-state index contributed by atoms with van der Waals surface area (Å²) < 4.78 is 54.9. The highest BCUT2D eigenvalue weighted by Crippen LogP contribution is 2.30. The molecule has 1 atom stereocenters. The van der Waals surface area contributed by atoms with Gasteiger partial charge in [0.2, 0.25) is 0 Å². The van der Waals surface area contributed by atoms with Gasteiger partial charge in [0, 0.05) is 18.5 Å². The first-order valence-electron chi connectivity index (χ1n) is 9.45. The Kier molecular flexibility index (Phi) is 7.45. The van der Waals surface area contributed by atoms with Crippen LogP contribution < -0.4 is 4.74 Å². The number of rotatable bonds is 7. The van der Waals surface area contributed by atoms with Gasteiger partial charge in [0.15, 0.2) is 11.6 Å². The van der Waals surface area contributed by atoms with Crippen LogP contribution in [0, 0.1) is 11.7 Å². The monoisotopic (exact) mass is 404 g/mol. The van der Waals surface area contributed by atoms with E-state index in [-0.39, 0.29) is 11.7 Å². The van der Waals surface area contributed by atoms with Crippen LogP contribution >= 0.6 is 0 Å². The van der Waals surface area contributed by atoms with Gasteiger partial charge in [-0.2, -0.15) is 0 Å². The Bertz CT molecular complexity index is 669. The second-order valence-electron chi connectivity index (χ2n) is 7.84. The van der Waals surface area contributed by atoms with Gasteiger partial charge in [0.05, 0.1) is 5.92 Å². The highest BCUT2D eigenvalue weighted by Gasteiger charge is 2.33. The lowest BCUT2D eigenvalue weighted by Crippen LogP contribution is -2.44. The molecule has 1 fully saturated rings. The van der Waals surface area contributed by atoms with Crippen molar-refractivity contribution in [2.24, 2.45) is 5.92 Å². The third kappa shape index (κ3) is 6.17. The van der Waals surface area contributed by atoms with Crippen molar-refractivity contribution in [3.8, 4) is 5.75 Å². The molecule has 8 heteroatoms. The Morgan fingerprint density at radius 1 is 1.25 bits per heavy atom. The van der Waals surface area contributed by atoms with Gasteiger partial charge in [0.25, 0.3) is 0 Å². The molecule has 0 saturated carbocycles. The van der Waals surface area contributed by atoms with Crippen LogP contribution in [0.3, 0.4) is 0 Å². The van der Waals surface area contributed by atoms with Gasteiger partial charge in [-0.05, 0) is 57.7 Å². The van der Waals surface area contributed by atoms with E-state index in [2.05, 4.69) is 14.5 Å². The van der Waals surface area contributed by atoms with Crippen molar-refractivity contribution < 1.29 is 27.1 Å². The summed E-state index contributed by atoms with van der Waals surface area (Å²) >= 11 is 0. The van der Waals surface area contributed by atoms with Crippen molar-refractivity contribution >= 4 is 5.78 Å². The molecule has 1 heterocycles. The number of ketones is 1. The first-order valence-corrected chi connectivity index (χ1v) is 9.45. The summed E-state index contributed by atoms with van der Waals surface area (Å²) in [5, 5.41) is 0. The van der Waals surface area contributed by atoms with Crippen molar-refractivity contribution in [2.75, 3.05) is 33.7 Å². The standard InChI is InChI=1S/C20H28F4N2O2/c1-13(2)19(27)16(12-26-9-7-15(8-10-26)25(3)4)14-5-6-18(17(21)11-14)28-20(22,23)24/h5-6,11,13,15-16H,7-10,12H2,1-4H3/t16-/m1/s1. The molecule has 28 heavy (non-hydrogen) atoms. The second kappa shape index (κ2) is 9.22. The number of hydrogen-bond donors (Lipinski definition) is 0. The maximum Gasteiger partial charge on any atom is 0.573 e. The topological polar surface area (TPSA) is 32.8 Å². The number of nitrogens with zero attached hydrogens (tertiary/aromatic N) is 2. The van der Waals surface area contributed by atoms with Gasteiger partial charge < -0.3 is 14.5 Å². The third-order valence-electron chi connectivity index (χ3n) is 5.22. The minimum absolute atomic E-state index is 0.0568. The van der Waals surface area contributed by atoms with E-state index in [4.69, 9.17) is 0 Å². The van der Waals surface area contributed by atoms with E-state index < -0.39 is 23.8 Å². The van der Waals surface area contributed by atoms with E-state index >= 15 is 0 Å². The molecule has 1 saturated heterocycles. The molecular formula is C20H28F4N2O2. The molecule has 0 unspecified atom stereocenters. The Hall–Kier alpha value is -1.67. The number of benzene rings is 1. The molecule has 0 bridgehead atoms. The first-order chi connectivity index (χ1) is 13.0. The number of ether oxygens (including phenoxy) is 1. The minimum atomic E-state index is -4.97. The van der Waals surface area contributed by atoms with Crippen LogP contribution in [-0.2, 0) is 4.79 Å². The summed E-state index contributed by atoms with van der Waals surface area (Å²) in [7, 11) is 4.08. The fourth-order valence-corrected chi connectivity index (χ4v) is 3.58. The van der Waals surface area contributed by atoms with Gasteiger partial charge in [-0.25, -0.2) is 4.39 Å². The number of likely N-dealkylation sites (tertiary alicyclic amines) is 1. The van der Waals surface area contributed by atoms with Crippen LogP contribution in [-0.4, -0.2) is 61.7 Å². The lowest BCUT2D eigenvalue weighted by molar-refractivity contribution is -0.275. The first kappa shape index (κ1) is 22.6. The predicted octanol–water partition coefficient (Wildman–Crippen LogP) is 4.06. The summed E-state index contributed by atoms with van der Waals surface area (Å²) in [6.45, 7) is 5.61. The zero-order valence-corrected chi connectivity index (χ0v) is 16.7. The highest BCUT2D eigenvalue weighted by atomic mass is 19.4. The molecule has 0 N–H and O–H groups in total. The largest absolute Gasteiger partial charge is 0.573 e. The zero-order chi connectivity index (χ0) is 21.1. The molecule has 1 aliphatic rings. The molecule has 158 valence electrons. The molecular weight excluding hydrogens is 376 g/mol. The van der Waals surface area contributed by atoms with Crippen molar-refractivity contribution in [3.63, 3.8) is 0 Å². The van der Waals surface area contributed by atoms with Gasteiger partial charge in [-0.1, -0.05) is 19.9 Å². The summed E-state index contributed by atoms with van der Waals surface area (Å²) in [6, 6.07) is 3.77. The summed E-state index contributed by atoms with van der Waals surface area (Å²) in [5.41, 5.74) is 0.375. The number of alkyl halides is 3. The molecule has 0 spiro atoms. The number of carbonyl (C=O) groups is 1. The van der Waals surface area contributed by atoms with E-state index in [1.165, 1.54) is 6.07 Å².